The summed E-state index contributed by atoms with van der Waals surface area (Å²) in [6.07, 6.45) is 6.65. The van der Waals surface area contributed by atoms with Gasteiger partial charge in [-0.05, 0) is 53.6 Å². The van der Waals surface area contributed by atoms with Crippen LogP contribution in [0.4, 0.5) is 22.1 Å². The molecule has 0 bridgehead atoms. The average molecular weight is 476 g/mol. The highest BCUT2D eigenvalue weighted by Crippen LogP contribution is 2.39. The van der Waals surface area contributed by atoms with E-state index in [-0.39, 0.29) is 10.7 Å². The minimum Gasteiger partial charge on any atom is -0.465 e. The molecule has 2 N–H and O–H groups in total. The molecule has 1 amide bonds. The minimum atomic E-state index is -3.48. The molecule has 0 atom stereocenters. The lowest BCUT2D eigenvalue weighted by atomic mass is 9.99. The second kappa shape index (κ2) is 9.67. The highest BCUT2D eigenvalue weighted by molar-refractivity contribution is 7.90. The van der Waals surface area contributed by atoms with Gasteiger partial charge in [0.05, 0.1) is 10.9 Å². The summed E-state index contributed by atoms with van der Waals surface area (Å²) in [6.45, 7) is 0. The largest absolute Gasteiger partial charge is 0.465 e. The summed E-state index contributed by atoms with van der Waals surface area (Å²) in [5.74, 6) is 0.528. The molecule has 3 aromatic heterocycles. The summed E-state index contributed by atoms with van der Waals surface area (Å²) in [4.78, 5) is 26.2. The molecule has 0 fully saturated rings. The van der Waals surface area contributed by atoms with Crippen molar-refractivity contribution in [1.82, 2.24) is 15.0 Å². The molecule has 3 heterocycles. The number of carbonyl (C=O) groups is 1. The van der Waals surface area contributed by atoms with Crippen LogP contribution in [-0.4, -0.2) is 40.8 Å². The van der Waals surface area contributed by atoms with Crippen molar-refractivity contribution in [2.24, 2.45) is 0 Å². The Kier molecular flexibility index (Phi) is 6.51. The summed E-state index contributed by atoms with van der Waals surface area (Å²) >= 11 is 0. The molecule has 0 radical (unpaired) electrons. The van der Waals surface area contributed by atoms with Crippen LogP contribution in [0.5, 0.6) is 0 Å². The molecule has 4 aromatic rings. The molecule has 0 spiro atoms. The second-order valence-electron chi connectivity index (χ2n) is 7.43. The number of anilines is 3. The summed E-state index contributed by atoms with van der Waals surface area (Å²) in [6, 6.07) is 18.4. The SMILES string of the molecule is CS(=O)(=O)c1cccc(N(c2cccc(NC(=O)O)n2)C(c2cccnc2)c2cccnc2)c1. The quantitative estimate of drug-likeness (QED) is 0.405. The molecule has 34 heavy (non-hydrogen) atoms. The van der Waals surface area contributed by atoms with Crippen molar-refractivity contribution in [2.45, 2.75) is 10.9 Å². The van der Waals surface area contributed by atoms with Gasteiger partial charge in [-0.1, -0.05) is 24.3 Å². The molecule has 4 rings (SSSR count). The first-order chi connectivity index (χ1) is 16.3. The predicted molar refractivity (Wildman–Crippen MR) is 128 cm³/mol. The smallest absolute Gasteiger partial charge is 0.410 e. The maximum absolute atomic E-state index is 12.3. The van der Waals surface area contributed by atoms with Gasteiger partial charge in [0.1, 0.15) is 11.6 Å². The summed E-state index contributed by atoms with van der Waals surface area (Å²) < 4.78 is 24.6. The van der Waals surface area contributed by atoms with E-state index < -0.39 is 22.0 Å². The molecule has 1 aromatic carbocycles. The van der Waals surface area contributed by atoms with Gasteiger partial charge in [0.25, 0.3) is 0 Å². The van der Waals surface area contributed by atoms with E-state index in [2.05, 4.69) is 20.3 Å². The van der Waals surface area contributed by atoms with Crippen molar-refractivity contribution in [1.29, 1.82) is 0 Å². The van der Waals surface area contributed by atoms with E-state index in [1.165, 1.54) is 12.1 Å². The fraction of sp³-hybridized carbons (Fsp3) is 0.0833. The minimum absolute atomic E-state index is 0.130. The molecule has 9 nitrogen and oxygen atoms in total. The van der Waals surface area contributed by atoms with E-state index in [1.54, 1.807) is 67.3 Å². The fourth-order valence-corrected chi connectivity index (χ4v) is 4.24. The highest BCUT2D eigenvalue weighted by Gasteiger charge is 2.27. The molecule has 10 heteroatoms. The molecular formula is C24H21N5O4S. The molecule has 0 aliphatic rings. The first kappa shape index (κ1) is 22.9. The Morgan fingerprint density at radius 1 is 0.941 bits per heavy atom. The first-order valence-corrected chi connectivity index (χ1v) is 12.1. The van der Waals surface area contributed by atoms with Crippen molar-refractivity contribution < 1.29 is 18.3 Å². The zero-order valence-electron chi connectivity index (χ0n) is 18.1. The third-order valence-electron chi connectivity index (χ3n) is 5.00. The van der Waals surface area contributed by atoms with Gasteiger partial charge in [0.2, 0.25) is 0 Å². The number of hydrogen-bond acceptors (Lipinski definition) is 7. The van der Waals surface area contributed by atoms with Crippen molar-refractivity contribution in [3.8, 4) is 0 Å². The number of carboxylic acid groups (broad SMARTS) is 1. The molecule has 0 saturated carbocycles. The lowest BCUT2D eigenvalue weighted by Gasteiger charge is -2.33. The van der Waals surface area contributed by atoms with Crippen LogP contribution in [0.3, 0.4) is 0 Å². The molecule has 0 aliphatic heterocycles. The average Bonchev–Trinajstić information content (AvgIpc) is 2.83. The topological polar surface area (TPSA) is 125 Å². The number of hydrogen-bond donors (Lipinski definition) is 2. The molecular weight excluding hydrogens is 454 g/mol. The van der Waals surface area contributed by atoms with Gasteiger partial charge >= 0.3 is 6.09 Å². The second-order valence-corrected chi connectivity index (χ2v) is 9.44. The van der Waals surface area contributed by atoms with Gasteiger partial charge in [0.15, 0.2) is 9.84 Å². The molecule has 0 unspecified atom stereocenters. The normalized spacial score (nSPS) is 11.2. The van der Waals surface area contributed by atoms with Crippen LogP contribution in [0.1, 0.15) is 17.2 Å². The van der Waals surface area contributed by atoms with Crippen molar-refractivity contribution >= 4 is 33.3 Å². The number of sulfone groups is 1. The Morgan fingerprint density at radius 2 is 1.59 bits per heavy atom. The van der Waals surface area contributed by atoms with Crippen molar-refractivity contribution in [3.63, 3.8) is 0 Å². The maximum Gasteiger partial charge on any atom is 0.410 e. The maximum atomic E-state index is 12.3. The van der Waals surface area contributed by atoms with E-state index in [0.29, 0.717) is 11.5 Å². The zero-order chi connectivity index (χ0) is 24.1. The van der Waals surface area contributed by atoms with Crippen LogP contribution in [0.15, 0.2) is 96.4 Å². The van der Waals surface area contributed by atoms with Crippen LogP contribution in [0.2, 0.25) is 0 Å². The monoisotopic (exact) mass is 475 g/mol. The number of nitrogens with one attached hydrogen (secondary N) is 1. The van der Waals surface area contributed by atoms with Crippen LogP contribution in [0, 0.1) is 0 Å². The Balaban J connectivity index is 1.98. The number of aromatic nitrogens is 3. The number of pyridine rings is 3. The van der Waals surface area contributed by atoms with Gasteiger partial charge in [0, 0.05) is 36.7 Å². The number of nitrogens with zero attached hydrogens (tertiary/aromatic N) is 4. The van der Waals surface area contributed by atoms with Crippen LogP contribution in [-0.2, 0) is 9.84 Å². The zero-order valence-corrected chi connectivity index (χ0v) is 18.9. The van der Waals surface area contributed by atoms with Crippen molar-refractivity contribution in [3.05, 3.63) is 103 Å². The number of amides is 1. The van der Waals surface area contributed by atoms with E-state index in [0.717, 1.165) is 17.4 Å². The van der Waals surface area contributed by atoms with Crippen LogP contribution < -0.4 is 10.2 Å². The lowest BCUT2D eigenvalue weighted by molar-refractivity contribution is 0.209. The fourth-order valence-electron chi connectivity index (χ4n) is 3.58. The van der Waals surface area contributed by atoms with Gasteiger partial charge in [-0.25, -0.2) is 18.2 Å². The summed E-state index contributed by atoms with van der Waals surface area (Å²) in [5.41, 5.74) is 2.15. The Labute approximate surface area is 196 Å². The van der Waals surface area contributed by atoms with Gasteiger partial charge in [-0.2, -0.15) is 0 Å². The number of benzene rings is 1. The Bertz CT molecular complexity index is 1360. The predicted octanol–water partition coefficient (Wildman–Crippen LogP) is 4.29. The van der Waals surface area contributed by atoms with Crippen LogP contribution >= 0.6 is 0 Å². The van der Waals surface area contributed by atoms with E-state index >= 15 is 0 Å². The van der Waals surface area contributed by atoms with Crippen molar-refractivity contribution in [2.75, 3.05) is 16.5 Å². The standard InChI is InChI=1S/C24H21N5O4S/c1-34(32,33)20-9-2-8-19(14-20)29(22-11-3-10-21(27-22)28-24(30)31)23(17-6-4-12-25-15-17)18-7-5-13-26-16-18/h2-16,23H,1H3,(H,27,28)(H,30,31). The van der Waals surface area contributed by atoms with Gasteiger partial charge in [-0.15, -0.1) is 0 Å². The summed E-state index contributed by atoms with van der Waals surface area (Å²) in [7, 11) is -3.48. The molecule has 172 valence electrons. The van der Waals surface area contributed by atoms with Gasteiger partial charge in [-0.3, -0.25) is 15.3 Å². The lowest BCUT2D eigenvalue weighted by Crippen LogP contribution is -2.26. The molecule has 0 saturated heterocycles. The van der Waals surface area contributed by atoms with E-state index in [9.17, 15) is 13.2 Å². The van der Waals surface area contributed by atoms with E-state index in [1.807, 2.05) is 17.0 Å². The third-order valence-corrected chi connectivity index (χ3v) is 6.11. The van der Waals surface area contributed by atoms with Crippen LogP contribution in [0.25, 0.3) is 0 Å². The highest BCUT2D eigenvalue weighted by atomic mass is 32.2. The first-order valence-electron chi connectivity index (χ1n) is 10.2. The Morgan fingerprint density at radius 3 is 2.15 bits per heavy atom. The number of rotatable bonds is 7. The third kappa shape index (κ3) is 5.18. The van der Waals surface area contributed by atoms with Gasteiger partial charge < -0.3 is 10.0 Å². The molecule has 0 aliphatic carbocycles. The Hall–Kier alpha value is -4.31. The van der Waals surface area contributed by atoms with E-state index in [4.69, 9.17) is 5.11 Å². The summed E-state index contributed by atoms with van der Waals surface area (Å²) in [5, 5.41) is 11.4.